The van der Waals surface area contributed by atoms with Gasteiger partial charge in [-0.25, -0.2) is 0 Å². The van der Waals surface area contributed by atoms with Crippen LogP contribution in [0.5, 0.6) is 0 Å². The largest absolute Gasteiger partial charge is 0.433 e. The zero-order valence-electron chi connectivity index (χ0n) is 8.10. The van der Waals surface area contributed by atoms with Gasteiger partial charge in [-0.3, -0.25) is 14.9 Å². The highest BCUT2D eigenvalue weighted by Crippen LogP contribution is 2.15. The quantitative estimate of drug-likeness (QED) is 0.550. The fourth-order valence-electron chi connectivity index (χ4n) is 0.902. The van der Waals surface area contributed by atoms with Crippen molar-refractivity contribution in [2.75, 3.05) is 6.54 Å². The van der Waals surface area contributed by atoms with Gasteiger partial charge in [0, 0.05) is 12.6 Å². The summed E-state index contributed by atoms with van der Waals surface area (Å²) in [6.45, 7) is 2.00. The van der Waals surface area contributed by atoms with Crippen molar-refractivity contribution in [1.82, 2.24) is 5.32 Å². The highest BCUT2D eigenvalue weighted by atomic mass is 16.6. The van der Waals surface area contributed by atoms with Crippen LogP contribution in [-0.4, -0.2) is 23.4 Å². The second-order valence-electron chi connectivity index (χ2n) is 3.01. The van der Waals surface area contributed by atoms with Crippen LogP contribution in [0, 0.1) is 10.1 Å². The first-order valence-electron chi connectivity index (χ1n) is 4.29. The lowest BCUT2D eigenvalue weighted by Crippen LogP contribution is -2.37. The smallest absolute Gasteiger partial charge is 0.395 e. The lowest BCUT2D eigenvalue weighted by atomic mass is 10.3. The van der Waals surface area contributed by atoms with E-state index in [0.29, 0.717) is 0 Å². The number of rotatable bonds is 4. The average molecular weight is 213 g/mol. The van der Waals surface area contributed by atoms with Crippen molar-refractivity contribution in [2.45, 2.75) is 13.0 Å². The van der Waals surface area contributed by atoms with E-state index in [1.807, 2.05) is 0 Å². The molecule has 1 aromatic rings. The second kappa shape index (κ2) is 4.56. The summed E-state index contributed by atoms with van der Waals surface area (Å²) in [5.74, 6) is -1.07. The van der Waals surface area contributed by atoms with Crippen LogP contribution in [0.2, 0.25) is 0 Å². The lowest BCUT2D eigenvalue weighted by Gasteiger charge is -2.08. The summed E-state index contributed by atoms with van der Waals surface area (Å²) in [5, 5.41) is 12.8. The molecular formula is C8H11N3O4. The number of nitro groups is 1. The van der Waals surface area contributed by atoms with Crippen LogP contribution in [-0.2, 0) is 0 Å². The van der Waals surface area contributed by atoms with Gasteiger partial charge in [-0.2, -0.15) is 0 Å². The molecule has 0 aromatic carbocycles. The monoisotopic (exact) mass is 213 g/mol. The number of carbonyl (C=O) groups excluding carboxylic acids is 1. The molecule has 0 saturated carbocycles. The Morgan fingerprint density at radius 3 is 2.87 bits per heavy atom. The fraction of sp³-hybridized carbons (Fsp3) is 0.375. The number of nitrogens with one attached hydrogen (secondary N) is 1. The number of amides is 1. The summed E-state index contributed by atoms with van der Waals surface area (Å²) in [6.07, 6.45) is 0. The molecule has 0 spiro atoms. The van der Waals surface area contributed by atoms with Gasteiger partial charge in [0.15, 0.2) is 5.76 Å². The number of nitrogens with two attached hydrogens (primary N) is 1. The zero-order valence-corrected chi connectivity index (χ0v) is 8.10. The van der Waals surface area contributed by atoms with Crippen LogP contribution in [0.3, 0.4) is 0 Å². The first kappa shape index (κ1) is 11.2. The van der Waals surface area contributed by atoms with Crippen molar-refractivity contribution in [3.8, 4) is 0 Å². The predicted molar refractivity (Wildman–Crippen MR) is 51.3 cm³/mol. The van der Waals surface area contributed by atoms with Crippen molar-refractivity contribution in [3.63, 3.8) is 0 Å². The van der Waals surface area contributed by atoms with Crippen molar-refractivity contribution in [1.29, 1.82) is 0 Å². The van der Waals surface area contributed by atoms with E-state index in [2.05, 4.69) is 5.32 Å². The molecule has 1 rings (SSSR count). The van der Waals surface area contributed by atoms with Crippen LogP contribution in [0.4, 0.5) is 5.88 Å². The van der Waals surface area contributed by atoms with Crippen LogP contribution in [0.15, 0.2) is 16.5 Å². The Labute approximate surface area is 85.4 Å². The third-order valence-electron chi connectivity index (χ3n) is 1.73. The second-order valence-corrected chi connectivity index (χ2v) is 3.01. The van der Waals surface area contributed by atoms with Gasteiger partial charge in [0.1, 0.15) is 4.92 Å². The third kappa shape index (κ3) is 2.78. The maximum atomic E-state index is 11.4. The van der Waals surface area contributed by atoms with Gasteiger partial charge < -0.3 is 15.5 Å². The van der Waals surface area contributed by atoms with Crippen LogP contribution >= 0.6 is 0 Å². The lowest BCUT2D eigenvalue weighted by molar-refractivity contribution is -0.402. The molecule has 1 aromatic heterocycles. The van der Waals surface area contributed by atoms with E-state index < -0.39 is 16.7 Å². The minimum absolute atomic E-state index is 0.0954. The Balaban J connectivity index is 2.70. The Bertz CT molecular complexity index is 374. The molecule has 15 heavy (non-hydrogen) atoms. The third-order valence-corrected chi connectivity index (χ3v) is 1.73. The molecule has 1 atom stereocenters. The molecule has 7 nitrogen and oxygen atoms in total. The molecule has 7 heteroatoms. The van der Waals surface area contributed by atoms with E-state index in [9.17, 15) is 14.9 Å². The maximum Gasteiger partial charge on any atom is 0.433 e. The van der Waals surface area contributed by atoms with E-state index >= 15 is 0 Å². The normalized spacial score (nSPS) is 12.1. The summed E-state index contributed by atoms with van der Waals surface area (Å²) in [7, 11) is 0. The average Bonchev–Trinajstić information content (AvgIpc) is 2.66. The van der Waals surface area contributed by atoms with Crippen LogP contribution < -0.4 is 11.1 Å². The highest BCUT2D eigenvalue weighted by molar-refractivity contribution is 5.91. The van der Waals surface area contributed by atoms with Crippen molar-refractivity contribution < 1.29 is 14.1 Å². The molecule has 0 aliphatic rings. The summed E-state index contributed by atoms with van der Waals surface area (Å²) in [6, 6.07) is 2.17. The molecule has 0 saturated heterocycles. The van der Waals surface area contributed by atoms with Gasteiger partial charge in [0.2, 0.25) is 0 Å². The Morgan fingerprint density at radius 1 is 1.73 bits per heavy atom. The van der Waals surface area contributed by atoms with E-state index in [0.717, 1.165) is 6.07 Å². The molecule has 0 aliphatic heterocycles. The Morgan fingerprint density at radius 2 is 2.40 bits per heavy atom. The van der Waals surface area contributed by atoms with Gasteiger partial charge in [0.25, 0.3) is 5.91 Å². The standard InChI is InChI=1S/C8H11N3O4/c1-5(4-9)10-8(12)6-2-3-7(15-6)11(13)14/h2-3,5H,4,9H2,1H3,(H,10,12)/t5-/m0/s1. The summed E-state index contributed by atoms with van der Waals surface area (Å²) >= 11 is 0. The fourth-order valence-corrected chi connectivity index (χ4v) is 0.902. The molecule has 0 fully saturated rings. The van der Waals surface area contributed by atoms with Gasteiger partial charge in [-0.1, -0.05) is 0 Å². The van der Waals surface area contributed by atoms with Crippen LogP contribution in [0.25, 0.3) is 0 Å². The van der Waals surface area contributed by atoms with Gasteiger partial charge in [-0.05, 0) is 13.0 Å². The van der Waals surface area contributed by atoms with Crippen molar-refractivity contribution >= 4 is 11.8 Å². The topological polar surface area (TPSA) is 111 Å². The van der Waals surface area contributed by atoms with Crippen molar-refractivity contribution in [3.05, 3.63) is 28.0 Å². The van der Waals surface area contributed by atoms with Gasteiger partial charge in [0.05, 0.1) is 6.07 Å². The molecule has 1 amide bonds. The van der Waals surface area contributed by atoms with E-state index in [-0.39, 0.29) is 18.3 Å². The first-order valence-corrected chi connectivity index (χ1v) is 4.29. The molecule has 0 bridgehead atoms. The minimum atomic E-state index is -0.705. The Hall–Kier alpha value is -1.89. The number of carbonyl (C=O) groups is 1. The molecule has 1 heterocycles. The summed E-state index contributed by atoms with van der Waals surface area (Å²) < 4.78 is 4.70. The number of hydrogen-bond acceptors (Lipinski definition) is 5. The van der Waals surface area contributed by atoms with E-state index in [1.165, 1.54) is 6.07 Å². The van der Waals surface area contributed by atoms with E-state index in [1.54, 1.807) is 6.92 Å². The van der Waals surface area contributed by atoms with E-state index in [4.69, 9.17) is 10.2 Å². The molecule has 3 N–H and O–H groups in total. The molecule has 82 valence electrons. The molecule has 0 radical (unpaired) electrons. The molecular weight excluding hydrogens is 202 g/mol. The predicted octanol–water partition coefficient (Wildman–Crippen LogP) is 0.265. The summed E-state index contributed by atoms with van der Waals surface area (Å²) in [4.78, 5) is 20.9. The number of furan rings is 1. The van der Waals surface area contributed by atoms with Gasteiger partial charge in [-0.15, -0.1) is 0 Å². The zero-order chi connectivity index (χ0) is 11.4. The van der Waals surface area contributed by atoms with Crippen molar-refractivity contribution in [2.24, 2.45) is 5.73 Å². The minimum Gasteiger partial charge on any atom is -0.395 e. The highest BCUT2D eigenvalue weighted by Gasteiger charge is 2.17. The molecule has 0 unspecified atom stereocenters. The summed E-state index contributed by atoms with van der Waals surface area (Å²) in [5.41, 5.74) is 5.30. The number of hydrogen-bond donors (Lipinski definition) is 2. The SMILES string of the molecule is C[C@@H](CN)NC(=O)c1ccc([N+](=O)[O-])o1. The molecule has 0 aliphatic carbocycles. The number of nitrogens with zero attached hydrogens (tertiary/aromatic N) is 1. The maximum absolute atomic E-state index is 11.4. The Kier molecular flexibility index (Phi) is 3.40. The van der Waals surface area contributed by atoms with Crippen LogP contribution in [0.1, 0.15) is 17.5 Å². The first-order chi connectivity index (χ1) is 7.04. The van der Waals surface area contributed by atoms with Gasteiger partial charge >= 0.3 is 5.88 Å².